The molecule has 0 unspecified atom stereocenters. The van der Waals surface area contributed by atoms with Gasteiger partial charge in [-0.2, -0.15) is 0 Å². The molecule has 78 valence electrons. The van der Waals surface area contributed by atoms with Crippen LogP contribution in [-0.2, 0) is 4.79 Å². The Hall–Kier alpha value is -0.610. The van der Waals surface area contributed by atoms with Crippen LogP contribution < -0.4 is 10.6 Å². The summed E-state index contributed by atoms with van der Waals surface area (Å²) in [6.07, 6.45) is 0.715. The van der Waals surface area contributed by atoms with E-state index in [9.17, 15) is 9.90 Å². The first-order valence-corrected chi connectivity index (χ1v) is 4.59. The standard InChI is InChI=1S/C9H20N2O2/c1-8(12)11-7-6-10-5-4-9(2,3)13/h10,13H,4-7H2,1-3H3,(H,11,12). The molecule has 0 saturated heterocycles. The second-order valence-electron chi connectivity index (χ2n) is 3.80. The minimum atomic E-state index is -0.610. The Bertz CT molecular complexity index is 152. The maximum absolute atomic E-state index is 10.5. The summed E-state index contributed by atoms with van der Waals surface area (Å²) in [7, 11) is 0. The second kappa shape index (κ2) is 5.94. The molecule has 3 N–H and O–H groups in total. The molecule has 0 aromatic carbocycles. The number of amides is 1. The third kappa shape index (κ3) is 11.4. The van der Waals surface area contributed by atoms with E-state index in [2.05, 4.69) is 10.6 Å². The summed E-state index contributed by atoms with van der Waals surface area (Å²) in [6.45, 7) is 7.21. The van der Waals surface area contributed by atoms with E-state index in [0.29, 0.717) is 13.0 Å². The number of hydrogen-bond donors (Lipinski definition) is 3. The fourth-order valence-electron chi connectivity index (χ4n) is 0.846. The van der Waals surface area contributed by atoms with Crippen molar-refractivity contribution in [1.29, 1.82) is 0 Å². The SMILES string of the molecule is CC(=O)NCCNCCC(C)(C)O. The van der Waals surface area contributed by atoms with Gasteiger partial charge in [0.1, 0.15) is 0 Å². The fraction of sp³-hybridized carbons (Fsp3) is 0.889. The third-order valence-electron chi connectivity index (χ3n) is 1.59. The maximum atomic E-state index is 10.5. The second-order valence-corrected chi connectivity index (χ2v) is 3.80. The Morgan fingerprint density at radius 3 is 2.38 bits per heavy atom. The molecule has 0 saturated carbocycles. The van der Waals surface area contributed by atoms with Crippen LogP contribution >= 0.6 is 0 Å². The minimum absolute atomic E-state index is 0.00992. The Morgan fingerprint density at radius 2 is 1.92 bits per heavy atom. The molecule has 0 aliphatic heterocycles. The number of aliphatic hydroxyl groups is 1. The van der Waals surface area contributed by atoms with Crippen molar-refractivity contribution in [3.63, 3.8) is 0 Å². The van der Waals surface area contributed by atoms with Crippen molar-refractivity contribution in [3.05, 3.63) is 0 Å². The monoisotopic (exact) mass is 188 g/mol. The first-order chi connectivity index (χ1) is 5.92. The number of nitrogens with one attached hydrogen (secondary N) is 2. The van der Waals surface area contributed by atoms with Crippen LogP contribution in [0.15, 0.2) is 0 Å². The molecule has 4 nitrogen and oxygen atoms in total. The van der Waals surface area contributed by atoms with Crippen LogP contribution in [0, 0.1) is 0 Å². The molecule has 4 heteroatoms. The molecule has 1 amide bonds. The third-order valence-corrected chi connectivity index (χ3v) is 1.59. The molecule has 0 atom stereocenters. The minimum Gasteiger partial charge on any atom is -0.390 e. The average Bonchev–Trinajstić information content (AvgIpc) is 1.93. The van der Waals surface area contributed by atoms with E-state index in [4.69, 9.17) is 0 Å². The molecule has 0 heterocycles. The molecule has 0 aliphatic carbocycles. The van der Waals surface area contributed by atoms with Crippen LogP contribution in [0.5, 0.6) is 0 Å². The van der Waals surface area contributed by atoms with Crippen molar-refractivity contribution in [3.8, 4) is 0 Å². The van der Waals surface area contributed by atoms with Crippen molar-refractivity contribution in [1.82, 2.24) is 10.6 Å². The number of hydrogen-bond acceptors (Lipinski definition) is 3. The number of rotatable bonds is 6. The number of carbonyl (C=O) groups excluding carboxylic acids is 1. The normalized spacial score (nSPS) is 11.4. The average molecular weight is 188 g/mol. The zero-order valence-corrected chi connectivity index (χ0v) is 8.68. The lowest BCUT2D eigenvalue weighted by Gasteiger charge is -2.16. The van der Waals surface area contributed by atoms with Gasteiger partial charge in [0.05, 0.1) is 5.60 Å². The quantitative estimate of drug-likeness (QED) is 0.509. The molecule has 0 aromatic heterocycles. The highest BCUT2D eigenvalue weighted by Crippen LogP contribution is 2.04. The van der Waals surface area contributed by atoms with E-state index in [-0.39, 0.29) is 5.91 Å². The molecule has 0 spiro atoms. The van der Waals surface area contributed by atoms with E-state index in [1.165, 1.54) is 6.92 Å². The lowest BCUT2D eigenvalue weighted by atomic mass is 10.1. The Morgan fingerprint density at radius 1 is 1.31 bits per heavy atom. The van der Waals surface area contributed by atoms with Crippen molar-refractivity contribution < 1.29 is 9.90 Å². The largest absolute Gasteiger partial charge is 0.390 e. The van der Waals surface area contributed by atoms with Gasteiger partial charge in [-0.15, -0.1) is 0 Å². The van der Waals surface area contributed by atoms with Gasteiger partial charge in [-0.3, -0.25) is 4.79 Å². The maximum Gasteiger partial charge on any atom is 0.216 e. The smallest absolute Gasteiger partial charge is 0.216 e. The van der Waals surface area contributed by atoms with E-state index < -0.39 is 5.60 Å². The molecule has 0 aromatic rings. The van der Waals surface area contributed by atoms with Crippen molar-refractivity contribution in [2.45, 2.75) is 32.8 Å². The van der Waals surface area contributed by atoms with E-state index in [1.54, 1.807) is 13.8 Å². The van der Waals surface area contributed by atoms with E-state index in [0.717, 1.165) is 13.1 Å². The van der Waals surface area contributed by atoms with E-state index in [1.807, 2.05) is 0 Å². The molecular formula is C9H20N2O2. The number of carbonyl (C=O) groups is 1. The summed E-state index contributed by atoms with van der Waals surface area (Å²) < 4.78 is 0. The zero-order chi connectivity index (χ0) is 10.3. The van der Waals surface area contributed by atoms with Crippen molar-refractivity contribution >= 4 is 5.91 Å². The molecule has 0 rings (SSSR count). The van der Waals surface area contributed by atoms with Gasteiger partial charge in [-0.05, 0) is 26.8 Å². The summed E-state index contributed by atoms with van der Waals surface area (Å²) in [5.74, 6) is -0.00992. The predicted molar refractivity (Wildman–Crippen MR) is 52.5 cm³/mol. The first-order valence-electron chi connectivity index (χ1n) is 4.59. The van der Waals surface area contributed by atoms with Gasteiger partial charge in [0.15, 0.2) is 0 Å². The predicted octanol–water partition coefficient (Wildman–Crippen LogP) is -0.127. The van der Waals surface area contributed by atoms with E-state index >= 15 is 0 Å². The molecular weight excluding hydrogens is 168 g/mol. The Kier molecular flexibility index (Phi) is 5.66. The summed E-state index contributed by atoms with van der Waals surface area (Å²) in [5, 5.41) is 15.2. The van der Waals surface area contributed by atoms with Crippen LogP contribution in [0.25, 0.3) is 0 Å². The molecule has 0 radical (unpaired) electrons. The molecule has 13 heavy (non-hydrogen) atoms. The van der Waals surface area contributed by atoms with Gasteiger partial charge in [0.25, 0.3) is 0 Å². The summed E-state index contributed by atoms with van der Waals surface area (Å²) in [5.41, 5.74) is -0.610. The molecule has 0 aliphatic rings. The highest BCUT2D eigenvalue weighted by Gasteiger charge is 2.10. The van der Waals surface area contributed by atoms with Gasteiger partial charge in [-0.25, -0.2) is 0 Å². The highest BCUT2D eigenvalue weighted by molar-refractivity contribution is 5.72. The summed E-state index contributed by atoms with van der Waals surface area (Å²) in [6, 6.07) is 0. The lowest BCUT2D eigenvalue weighted by molar-refractivity contribution is -0.118. The first kappa shape index (κ1) is 12.4. The van der Waals surface area contributed by atoms with Gasteiger partial charge < -0.3 is 15.7 Å². The Labute approximate surface area is 79.7 Å². The van der Waals surface area contributed by atoms with Crippen molar-refractivity contribution in [2.75, 3.05) is 19.6 Å². The van der Waals surface area contributed by atoms with Crippen LogP contribution in [0.2, 0.25) is 0 Å². The Balaban J connectivity index is 3.13. The van der Waals surface area contributed by atoms with Crippen LogP contribution in [-0.4, -0.2) is 36.2 Å². The zero-order valence-electron chi connectivity index (χ0n) is 8.68. The molecule has 0 bridgehead atoms. The fourth-order valence-corrected chi connectivity index (χ4v) is 0.846. The van der Waals surface area contributed by atoms with Crippen LogP contribution in [0.3, 0.4) is 0 Å². The van der Waals surface area contributed by atoms with Gasteiger partial charge in [0.2, 0.25) is 5.91 Å². The van der Waals surface area contributed by atoms with Gasteiger partial charge >= 0.3 is 0 Å². The summed E-state index contributed by atoms with van der Waals surface area (Å²) >= 11 is 0. The lowest BCUT2D eigenvalue weighted by Crippen LogP contribution is -2.33. The van der Waals surface area contributed by atoms with Crippen molar-refractivity contribution in [2.24, 2.45) is 0 Å². The highest BCUT2D eigenvalue weighted by atomic mass is 16.3. The molecule has 0 fully saturated rings. The topological polar surface area (TPSA) is 61.4 Å². The van der Waals surface area contributed by atoms with Gasteiger partial charge in [0, 0.05) is 20.0 Å². The summed E-state index contributed by atoms with van der Waals surface area (Å²) in [4.78, 5) is 10.5. The van der Waals surface area contributed by atoms with Gasteiger partial charge in [-0.1, -0.05) is 0 Å². The van der Waals surface area contributed by atoms with Crippen LogP contribution in [0.4, 0.5) is 0 Å². The van der Waals surface area contributed by atoms with Crippen LogP contribution in [0.1, 0.15) is 27.2 Å².